The third kappa shape index (κ3) is 6.99. The molecular weight excluding hydrogens is 675 g/mol. The minimum Gasteiger partial charge on any atom is -0.478 e. The van der Waals surface area contributed by atoms with Crippen LogP contribution in [0.4, 0.5) is 22.0 Å². The van der Waals surface area contributed by atoms with Crippen molar-refractivity contribution in [2.45, 2.75) is 32.1 Å². The van der Waals surface area contributed by atoms with Gasteiger partial charge in [0, 0.05) is 43.6 Å². The van der Waals surface area contributed by atoms with E-state index in [9.17, 15) is 23.1 Å². The molecule has 1 N–H and O–H groups in total. The van der Waals surface area contributed by atoms with Crippen LogP contribution in [0.3, 0.4) is 0 Å². The lowest BCUT2D eigenvalue weighted by Crippen LogP contribution is -2.31. The molecule has 6 aromatic rings. The van der Waals surface area contributed by atoms with E-state index in [-0.39, 0.29) is 69.6 Å². The summed E-state index contributed by atoms with van der Waals surface area (Å²) in [6.07, 6.45) is 4.76. The van der Waals surface area contributed by atoms with Crippen LogP contribution in [0.25, 0.3) is 22.3 Å². The van der Waals surface area contributed by atoms with Gasteiger partial charge in [-0.1, -0.05) is 11.8 Å². The van der Waals surface area contributed by atoms with Crippen LogP contribution in [-0.4, -0.2) is 53.1 Å². The van der Waals surface area contributed by atoms with Gasteiger partial charge < -0.3 is 19.1 Å². The largest absolute Gasteiger partial charge is 0.478 e. The Morgan fingerprint density at radius 1 is 0.961 bits per heavy atom. The number of ether oxygens (including phenoxy) is 2. The molecule has 7 rings (SSSR count). The predicted octanol–water partition coefficient (Wildman–Crippen LogP) is 5.98. The summed E-state index contributed by atoms with van der Waals surface area (Å²) >= 11 is 0. The zero-order valence-corrected chi connectivity index (χ0v) is 26.6. The summed E-state index contributed by atoms with van der Waals surface area (Å²) in [5.74, 6) is -0.467. The molecule has 1 fully saturated rings. The van der Waals surface area contributed by atoms with Crippen molar-refractivity contribution < 1.29 is 41.3 Å². The lowest BCUT2D eigenvalue weighted by atomic mass is 10.0. The van der Waals surface area contributed by atoms with E-state index in [1.165, 1.54) is 12.3 Å². The summed E-state index contributed by atoms with van der Waals surface area (Å²) < 4.78 is 89.5. The second kappa shape index (κ2) is 13.6. The molecule has 15 heteroatoms. The van der Waals surface area contributed by atoms with Gasteiger partial charge in [-0.25, -0.2) is 36.7 Å². The van der Waals surface area contributed by atoms with Gasteiger partial charge in [0.25, 0.3) is 5.88 Å². The van der Waals surface area contributed by atoms with Gasteiger partial charge in [0.1, 0.15) is 41.1 Å². The molecule has 1 atom stereocenters. The van der Waals surface area contributed by atoms with Gasteiger partial charge in [-0.05, 0) is 54.4 Å². The van der Waals surface area contributed by atoms with E-state index >= 15 is 8.78 Å². The third-order valence-corrected chi connectivity index (χ3v) is 8.21. The molecule has 1 aliphatic rings. The Bertz CT molecular complexity index is 2400. The molecule has 1 saturated heterocycles. The van der Waals surface area contributed by atoms with Gasteiger partial charge in [-0.3, -0.25) is 9.67 Å². The second-order valence-corrected chi connectivity index (χ2v) is 11.7. The number of aromatic carboxylic acids is 1. The number of hydrogen-bond donors (Lipinski definition) is 1. The molecule has 4 aromatic heterocycles. The van der Waals surface area contributed by atoms with Crippen molar-refractivity contribution in [2.75, 3.05) is 6.61 Å². The topological polar surface area (TPSA) is 117 Å². The highest BCUT2D eigenvalue weighted by atomic mass is 19.1. The van der Waals surface area contributed by atoms with E-state index < -0.39 is 47.5 Å². The number of benzene rings is 2. The van der Waals surface area contributed by atoms with Crippen LogP contribution in [-0.2, 0) is 31.4 Å². The monoisotopic (exact) mass is 700 g/mol. The SMILES string of the molecule is Cn1cc(C#Cc2cnc(COc3nc(-c4cc(F)c(Cc5nc6c(F)cc(C(=O)O)cc6n5CC5CCO5)cc4F)ccc3F)c(F)c2)cn1. The quantitative estimate of drug-likeness (QED) is 0.145. The Morgan fingerprint density at radius 2 is 1.76 bits per heavy atom. The summed E-state index contributed by atoms with van der Waals surface area (Å²) in [6, 6.07) is 7.16. The minimum atomic E-state index is -1.34. The van der Waals surface area contributed by atoms with Crippen molar-refractivity contribution in [2.24, 2.45) is 7.05 Å². The highest BCUT2D eigenvalue weighted by Crippen LogP contribution is 2.30. The van der Waals surface area contributed by atoms with Gasteiger partial charge in [-0.2, -0.15) is 5.10 Å². The number of carboxylic acids is 1. The normalized spacial score (nSPS) is 13.9. The molecule has 0 spiro atoms. The zero-order chi connectivity index (χ0) is 35.8. The number of imidazole rings is 1. The standard InChI is InChI=1S/C36H25F5N6O4/c1-46-16-20(15-43-46)3-2-19-8-28(40)31(42-14-19)18-51-35-25(37)4-5-30(44-35)24-13-26(38)21(9-27(24)39)12-33-45-34-29(41)10-22(36(48)49)11-32(34)47(33)17-23-6-7-50-23/h4-5,8-11,13-16,23H,6-7,12,17-18H2,1H3,(H,48,49). The number of hydrogen-bond acceptors (Lipinski definition) is 7. The van der Waals surface area contributed by atoms with E-state index in [0.29, 0.717) is 18.6 Å². The fourth-order valence-electron chi connectivity index (χ4n) is 5.50. The van der Waals surface area contributed by atoms with Crippen molar-refractivity contribution >= 4 is 17.0 Å². The fourth-order valence-corrected chi connectivity index (χ4v) is 5.50. The lowest BCUT2D eigenvalue weighted by Gasteiger charge is -2.27. The number of carbonyl (C=O) groups is 1. The van der Waals surface area contributed by atoms with Gasteiger partial charge in [0.15, 0.2) is 11.6 Å². The summed E-state index contributed by atoms with van der Waals surface area (Å²) in [5.41, 5.74) is -0.0786. The van der Waals surface area contributed by atoms with Gasteiger partial charge >= 0.3 is 5.97 Å². The zero-order valence-electron chi connectivity index (χ0n) is 26.6. The maximum absolute atomic E-state index is 15.6. The highest BCUT2D eigenvalue weighted by molar-refractivity contribution is 5.92. The molecule has 0 saturated carbocycles. The number of nitrogens with zero attached hydrogens (tertiary/aromatic N) is 6. The Hall–Kier alpha value is -6.14. The smallest absolute Gasteiger partial charge is 0.335 e. The molecule has 0 radical (unpaired) electrons. The average molecular weight is 701 g/mol. The van der Waals surface area contributed by atoms with Crippen molar-refractivity contribution in [3.05, 3.63) is 124 Å². The predicted molar refractivity (Wildman–Crippen MR) is 171 cm³/mol. The summed E-state index contributed by atoms with van der Waals surface area (Å²) in [4.78, 5) is 23.9. The summed E-state index contributed by atoms with van der Waals surface area (Å²) in [7, 11) is 1.74. The summed E-state index contributed by atoms with van der Waals surface area (Å²) in [5, 5.41) is 13.4. The van der Waals surface area contributed by atoms with E-state index in [1.807, 2.05) is 0 Å². The summed E-state index contributed by atoms with van der Waals surface area (Å²) in [6.45, 7) is 0.201. The first-order chi connectivity index (χ1) is 24.5. The van der Waals surface area contributed by atoms with Crippen LogP contribution in [0, 0.1) is 40.9 Å². The van der Waals surface area contributed by atoms with Crippen LogP contribution in [0.5, 0.6) is 5.88 Å². The maximum atomic E-state index is 15.6. The molecular formula is C36H25F5N6O4. The molecule has 258 valence electrons. The highest BCUT2D eigenvalue weighted by Gasteiger charge is 2.25. The number of fused-ring (bicyclic) bond motifs is 1. The van der Waals surface area contributed by atoms with E-state index in [4.69, 9.17) is 9.47 Å². The number of rotatable bonds is 9. The first kappa shape index (κ1) is 33.4. The fraction of sp³-hybridized carbons (Fsp3) is 0.194. The Labute approximate surface area is 286 Å². The average Bonchev–Trinajstić information content (AvgIpc) is 3.66. The second-order valence-electron chi connectivity index (χ2n) is 11.7. The molecule has 1 aliphatic heterocycles. The van der Waals surface area contributed by atoms with Crippen molar-refractivity contribution in [3.63, 3.8) is 0 Å². The van der Waals surface area contributed by atoms with Gasteiger partial charge in [-0.15, -0.1) is 0 Å². The lowest BCUT2D eigenvalue weighted by molar-refractivity contribution is -0.0589. The van der Waals surface area contributed by atoms with Crippen LogP contribution in [0.2, 0.25) is 0 Å². The number of halogens is 5. The van der Waals surface area contributed by atoms with Crippen LogP contribution in [0.15, 0.2) is 61.1 Å². The molecule has 10 nitrogen and oxygen atoms in total. The van der Waals surface area contributed by atoms with E-state index in [1.54, 1.807) is 28.7 Å². The van der Waals surface area contributed by atoms with Gasteiger partial charge in [0.2, 0.25) is 0 Å². The molecule has 0 amide bonds. The molecule has 2 aromatic carbocycles. The van der Waals surface area contributed by atoms with E-state index in [0.717, 1.165) is 36.4 Å². The Balaban J connectivity index is 1.12. The van der Waals surface area contributed by atoms with Crippen molar-refractivity contribution in [1.82, 2.24) is 29.3 Å². The van der Waals surface area contributed by atoms with Crippen LogP contribution >= 0.6 is 0 Å². The Kier molecular flexibility index (Phi) is 8.92. The Morgan fingerprint density at radius 3 is 2.47 bits per heavy atom. The molecule has 0 bridgehead atoms. The molecule has 5 heterocycles. The third-order valence-electron chi connectivity index (χ3n) is 8.21. The molecule has 0 aliphatic carbocycles. The van der Waals surface area contributed by atoms with Crippen LogP contribution < -0.4 is 4.74 Å². The number of pyridine rings is 2. The molecule has 51 heavy (non-hydrogen) atoms. The van der Waals surface area contributed by atoms with E-state index in [2.05, 4.69) is 31.9 Å². The van der Waals surface area contributed by atoms with Crippen molar-refractivity contribution in [1.29, 1.82) is 0 Å². The number of aryl methyl sites for hydroxylation is 1. The first-order valence-electron chi connectivity index (χ1n) is 15.5. The minimum absolute atomic E-state index is 0.115. The van der Waals surface area contributed by atoms with Crippen LogP contribution in [0.1, 0.15) is 45.0 Å². The maximum Gasteiger partial charge on any atom is 0.335 e. The van der Waals surface area contributed by atoms with Gasteiger partial charge in [0.05, 0.1) is 41.2 Å². The number of aromatic nitrogens is 6. The molecule has 1 unspecified atom stereocenters. The number of carboxylic acid groups (broad SMARTS) is 1. The first-order valence-corrected chi connectivity index (χ1v) is 15.5. The van der Waals surface area contributed by atoms with Crippen molar-refractivity contribution in [3.8, 4) is 29.0 Å².